The third-order valence-electron chi connectivity index (χ3n) is 1.20. The van der Waals surface area contributed by atoms with Crippen LogP contribution in [0.5, 0.6) is 0 Å². The minimum absolute atomic E-state index is 0.109. The van der Waals surface area contributed by atoms with E-state index in [9.17, 15) is 4.79 Å². The number of carbonyl (C=O) groups excluding carboxylic acids is 1. The monoisotopic (exact) mass is 145 g/mol. The van der Waals surface area contributed by atoms with Gasteiger partial charge in [-0.1, -0.05) is 6.92 Å². The Morgan fingerprint density at radius 3 is 2.50 bits per heavy atom. The molecule has 0 radical (unpaired) electrons. The highest BCUT2D eigenvalue weighted by molar-refractivity contribution is 5.76. The smallest absolute Gasteiger partial charge is 0.221 e. The van der Waals surface area contributed by atoms with Crippen LogP contribution >= 0.6 is 0 Å². The van der Waals surface area contributed by atoms with Crippen LogP contribution in [0.3, 0.4) is 0 Å². The maximum Gasteiger partial charge on any atom is 0.221 e. The van der Waals surface area contributed by atoms with Gasteiger partial charge in [-0.05, 0) is 0 Å². The van der Waals surface area contributed by atoms with Crippen molar-refractivity contribution in [3.63, 3.8) is 0 Å². The van der Waals surface area contributed by atoms with Crippen molar-refractivity contribution in [2.45, 2.75) is 6.92 Å². The molecule has 1 amide bonds. The fourth-order valence-corrected chi connectivity index (χ4v) is 0.420. The second-order valence-electron chi connectivity index (χ2n) is 2.56. The molecule has 1 unspecified atom stereocenters. The second-order valence-corrected chi connectivity index (χ2v) is 2.56. The number of hydrogen-bond acceptors (Lipinski definition) is 3. The van der Waals surface area contributed by atoms with E-state index in [-0.39, 0.29) is 11.8 Å². The molecule has 0 saturated heterocycles. The summed E-state index contributed by atoms with van der Waals surface area (Å²) in [4.78, 5) is 10.5. The number of nitrogens with one attached hydrogen (secondary N) is 1. The van der Waals surface area contributed by atoms with Gasteiger partial charge in [-0.3, -0.25) is 15.2 Å². The van der Waals surface area contributed by atoms with Gasteiger partial charge in [-0.15, -0.1) is 0 Å². The minimum atomic E-state index is -0.269. The van der Waals surface area contributed by atoms with E-state index >= 15 is 0 Å². The number of nitrogens with two attached hydrogens (primary N) is 1. The lowest BCUT2D eigenvalue weighted by Crippen LogP contribution is -2.38. The predicted molar refractivity (Wildman–Crippen MR) is 40.0 cm³/mol. The van der Waals surface area contributed by atoms with Gasteiger partial charge in [0.15, 0.2) is 0 Å². The van der Waals surface area contributed by atoms with Gasteiger partial charge in [0.2, 0.25) is 5.91 Å². The molecule has 0 aliphatic rings. The molecule has 0 aliphatic heterocycles. The van der Waals surface area contributed by atoms with E-state index in [1.165, 1.54) is 0 Å². The van der Waals surface area contributed by atoms with Crippen LogP contribution in [0.4, 0.5) is 0 Å². The van der Waals surface area contributed by atoms with Crippen molar-refractivity contribution < 1.29 is 4.79 Å². The van der Waals surface area contributed by atoms with E-state index in [1.54, 1.807) is 11.9 Å². The lowest BCUT2D eigenvalue weighted by atomic mass is 10.2. The lowest BCUT2D eigenvalue weighted by Gasteiger charge is -2.14. The molecular formula is C6H15N3O. The van der Waals surface area contributed by atoms with Crippen LogP contribution in [-0.2, 0) is 4.79 Å². The molecule has 0 spiro atoms. The molecular weight excluding hydrogens is 130 g/mol. The van der Waals surface area contributed by atoms with Gasteiger partial charge < -0.3 is 5.73 Å². The molecule has 10 heavy (non-hydrogen) atoms. The van der Waals surface area contributed by atoms with Gasteiger partial charge in [-0.25, -0.2) is 0 Å². The molecule has 0 aromatic carbocycles. The molecule has 4 heteroatoms. The molecule has 0 saturated carbocycles. The Morgan fingerprint density at radius 2 is 2.20 bits per heavy atom. The zero-order chi connectivity index (χ0) is 8.15. The predicted octanol–water partition coefficient (Wildman–Crippen LogP) is -0.826. The van der Waals surface area contributed by atoms with E-state index < -0.39 is 0 Å². The molecule has 1 atom stereocenters. The summed E-state index contributed by atoms with van der Waals surface area (Å²) in [6.45, 7) is 2.39. The summed E-state index contributed by atoms with van der Waals surface area (Å²) >= 11 is 0. The summed E-state index contributed by atoms with van der Waals surface area (Å²) in [5, 5.41) is 1.79. The zero-order valence-corrected chi connectivity index (χ0v) is 6.72. The van der Waals surface area contributed by atoms with Crippen LogP contribution in [0.15, 0.2) is 0 Å². The van der Waals surface area contributed by atoms with Crippen LogP contribution in [-0.4, -0.2) is 31.6 Å². The Bertz CT molecular complexity index is 114. The summed E-state index contributed by atoms with van der Waals surface area (Å²) in [5.74, 6) is -0.378. The Morgan fingerprint density at radius 1 is 1.70 bits per heavy atom. The number of primary amides is 1. The molecule has 0 fully saturated rings. The zero-order valence-electron chi connectivity index (χ0n) is 6.72. The van der Waals surface area contributed by atoms with E-state index in [1.807, 2.05) is 14.1 Å². The normalized spacial score (nSPS) is 13.6. The largest absolute Gasteiger partial charge is 0.369 e. The molecule has 60 valence electrons. The van der Waals surface area contributed by atoms with E-state index in [0.29, 0.717) is 6.54 Å². The molecule has 0 bridgehead atoms. The van der Waals surface area contributed by atoms with Crippen LogP contribution < -0.4 is 11.2 Å². The highest BCUT2D eigenvalue weighted by Gasteiger charge is 2.06. The first-order valence-electron chi connectivity index (χ1n) is 3.24. The standard InChI is InChI=1S/C6H15N3O/c1-5(6(7)10)4-8-9(2)3/h5,8H,4H2,1-3H3,(H2,7,10). The number of hydrazine groups is 1. The third kappa shape index (κ3) is 4.29. The average molecular weight is 145 g/mol. The third-order valence-corrected chi connectivity index (χ3v) is 1.20. The number of rotatable bonds is 4. The SMILES string of the molecule is CC(CNN(C)C)C(N)=O. The van der Waals surface area contributed by atoms with Crippen LogP contribution in [0.25, 0.3) is 0 Å². The summed E-state index contributed by atoms with van der Waals surface area (Å²) in [6.07, 6.45) is 0. The molecule has 4 nitrogen and oxygen atoms in total. The van der Waals surface area contributed by atoms with E-state index in [4.69, 9.17) is 5.73 Å². The fraction of sp³-hybridized carbons (Fsp3) is 0.833. The van der Waals surface area contributed by atoms with Crippen LogP contribution in [0.1, 0.15) is 6.92 Å². The van der Waals surface area contributed by atoms with Crippen molar-refractivity contribution in [3.8, 4) is 0 Å². The van der Waals surface area contributed by atoms with Crippen molar-refractivity contribution in [3.05, 3.63) is 0 Å². The van der Waals surface area contributed by atoms with Gasteiger partial charge in [0.05, 0.1) is 0 Å². The molecule has 0 aromatic heterocycles. The highest BCUT2D eigenvalue weighted by atomic mass is 16.1. The fourth-order valence-electron chi connectivity index (χ4n) is 0.420. The first-order valence-corrected chi connectivity index (χ1v) is 3.24. The van der Waals surface area contributed by atoms with Crippen LogP contribution in [0.2, 0.25) is 0 Å². The number of amides is 1. The Hall–Kier alpha value is -0.610. The number of carbonyl (C=O) groups is 1. The van der Waals surface area contributed by atoms with E-state index in [2.05, 4.69) is 5.43 Å². The molecule has 0 rings (SSSR count). The maximum atomic E-state index is 10.5. The van der Waals surface area contributed by atoms with Gasteiger partial charge in [0.25, 0.3) is 0 Å². The Labute approximate surface area is 61.3 Å². The second kappa shape index (κ2) is 4.24. The van der Waals surface area contributed by atoms with Crippen LogP contribution in [0, 0.1) is 5.92 Å². The lowest BCUT2D eigenvalue weighted by molar-refractivity contribution is -0.121. The molecule has 3 N–H and O–H groups in total. The van der Waals surface area contributed by atoms with Crippen molar-refractivity contribution in [1.29, 1.82) is 0 Å². The van der Waals surface area contributed by atoms with Crippen molar-refractivity contribution in [2.24, 2.45) is 11.7 Å². The molecule has 0 aliphatic carbocycles. The van der Waals surface area contributed by atoms with Crippen molar-refractivity contribution >= 4 is 5.91 Å². The summed E-state index contributed by atoms with van der Waals surface area (Å²) < 4.78 is 0. The minimum Gasteiger partial charge on any atom is -0.369 e. The summed E-state index contributed by atoms with van der Waals surface area (Å²) in [6, 6.07) is 0. The first kappa shape index (κ1) is 9.39. The highest BCUT2D eigenvalue weighted by Crippen LogP contribution is 1.88. The number of nitrogens with zero attached hydrogens (tertiary/aromatic N) is 1. The summed E-state index contributed by atoms with van der Waals surface area (Å²) in [7, 11) is 3.74. The van der Waals surface area contributed by atoms with Gasteiger partial charge >= 0.3 is 0 Å². The van der Waals surface area contributed by atoms with Gasteiger partial charge in [-0.2, -0.15) is 0 Å². The van der Waals surface area contributed by atoms with Crippen molar-refractivity contribution in [2.75, 3.05) is 20.6 Å². The van der Waals surface area contributed by atoms with Gasteiger partial charge in [0.1, 0.15) is 0 Å². The Kier molecular flexibility index (Phi) is 3.99. The topological polar surface area (TPSA) is 58.4 Å². The van der Waals surface area contributed by atoms with Gasteiger partial charge in [0, 0.05) is 26.6 Å². The van der Waals surface area contributed by atoms with E-state index in [0.717, 1.165) is 0 Å². The van der Waals surface area contributed by atoms with Crippen molar-refractivity contribution in [1.82, 2.24) is 10.4 Å². The Balaban J connectivity index is 3.40. The number of hydrogen-bond donors (Lipinski definition) is 2. The molecule has 0 aromatic rings. The average Bonchev–Trinajstić information content (AvgIpc) is 1.82. The maximum absolute atomic E-state index is 10.5. The quantitative estimate of drug-likeness (QED) is 0.508. The molecule has 0 heterocycles. The first-order chi connectivity index (χ1) is 4.54. The summed E-state index contributed by atoms with van der Waals surface area (Å²) in [5.41, 5.74) is 7.98.